The normalized spacial score (nSPS) is 10.4. The number of thioether (sulfide) groups is 1. The lowest BCUT2D eigenvalue weighted by Crippen LogP contribution is -2.15. The van der Waals surface area contributed by atoms with Crippen LogP contribution < -0.4 is 5.32 Å². The maximum Gasteiger partial charge on any atom is 0.313 e. The van der Waals surface area contributed by atoms with Gasteiger partial charge in [0.2, 0.25) is 5.91 Å². The van der Waals surface area contributed by atoms with E-state index >= 15 is 0 Å². The molecular weight excluding hydrogens is 300 g/mol. The van der Waals surface area contributed by atoms with E-state index in [4.69, 9.17) is 16.7 Å². The average molecular weight is 311 g/mol. The second-order valence-corrected chi connectivity index (χ2v) is 5.39. The molecule has 0 fully saturated rings. The second-order valence-electron chi connectivity index (χ2n) is 3.96. The first-order valence-electron chi connectivity index (χ1n) is 5.70. The van der Waals surface area contributed by atoms with Crippen molar-refractivity contribution in [1.29, 1.82) is 0 Å². The van der Waals surface area contributed by atoms with Gasteiger partial charge in [-0.25, -0.2) is 0 Å². The van der Waals surface area contributed by atoms with Crippen molar-refractivity contribution in [2.75, 3.05) is 16.8 Å². The molecule has 1 aromatic carbocycles. The largest absolute Gasteiger partial charge is 0.481 e. The van der Waals surface area contributed by atoms with E-state index in [9.17, 15) is 9.59 Å². The third-order valence-corrected chi connectivity index (χ3v) is 3.54. The van der Waals surface area contributed by atoms with Crippen molar-refractivity contribution in [3.05, 3.63) is 35.5 Å². The van der Waals surface area contributed by atoms with Crippen LogP contribution in [0.15, 0.2) is 30.5 Å². The van der Waals surface area contributed by atoms with Crippen molar-refractivity contribution in [3.8, 4) is 0 Å². The highest BCUT2D eigenvalue weighted by molar-refractivity contribution is 8.00. The Kier molecular flexibility index (Phi) is 4.81. The summed E-state index contributed by atoms with van der Waals surface area (Å²) in [6, 6.07) is 7.02. The molecule has 2 rings (SSSR count). The van der Waals surface area contributed by atoms with Crippen LogP contribution in [0.25, 0.3) is 10.9 Å². The van der Waals surface area contributed by atoms with Gasteiger partial charge in [0.15, 0.2) is 0 Å². The monoisotopic (exact) mass is 310 g/mol. The van der Waals surface area contributed by atoms with Gasteiger partial charge >= 0.3 is 5.97 Å². The number of carboxylic acid groups (broad SMARTS) is 1. The van der Waals surface area contributed by atoms with E-state index in [0.29, 0.717) is 16.2 Å². The molecular formula is C13H11ClN2O3S. The Bertz CT molecular complexity index is 663. The Morgan fingerprint density at radius 1 is 1.35 bits per heavy atom. The Labute approximate surface area is 124 Å². The first-order valence-corrected chi connectivity index (χ1v) is 7.23. The van der Waals surface area contributed by atoms with Gasteiger partial charge in [-0.3, -0.25) is 14.6 Å². The zero-order chi connectivity index (χ0) is 14.5. The van der Waals surface area contributed by atoms with E-state index in [1.165, 1.54) is 0 Å². The molecule has 0 aliphatic heterocycles. The number of aliphatic carboxylic acids is 1. The molecule has 0 radical (unpaired) electrons. The first kappa shape index (κ1) is 14.6. The lowest BCUT2D eigenvalue weighted by Gasteiger charge is -2.08. The quantitative estimate of drug-likeness (QED) is 0.887. The molecule has 0 atom stereocenters. The van der Waals surface area contributed by atoms with Crippen molar-refractivity contribution in [2.24, 2.45) is 0 Å². The number of fused-ring (bicyclic) bond motifs is 1. The first-order chi connectivity index (χ1) is 9.56. The summed E-state index contributed by atoms with van der Waals surface area (Å²) in [7, 11) is 0. The molecule has 1 heterocycles. The molecule has 5 nitrogen and oxygen atoms in total. The number of pyridine rings is 1. The average Bonchev–Trinajstić information content (AvgIpc) is 2.38. The third kappa shape index (κ3) is 3.85. The molecule has 0 unspecified atom stereocenters. The van der Waals surface area contributed by atoms with Gasteiger partial charge in [-0.2, -0.15) is 0 Å². The number of carbonyl (C=O) groups is 2. The van der Waals surface area contributed by atoms with Gasteiger partial charge in [0.05, 0.1) is 22.7 Å². The molecule has 0 saturated heterocycles. The van der Waals surface area contributed by atoms with Crippen LogP contribution in [0.2, 0.25) is 5.02 Å². The molecule has 0 saturated carbocycles. The van der Waals surface area contributed by atoms with Crippen LogP contribution in [-0.2, 0) is 9.59 Å². The highest BCUT2D eigenvalue weighted by Crippen LogP contribution is 2.26. The number of amides is 1. The van der Waals surface area contributed by atoms with E-state index in [1.54, 1.807) is 24.4 Å². The summed E-state index contributed by atoms with van der Waals surface area (Å²) in [6.07, 6.45) is 1.63. The number of anilines is 1. The van der Waals surface area contributed by atoms with Gasteiger partial charge in [-0.1, -0.05) is 17.7 Å². The molecule has 7 heteroatoms. The van der Waals surface area contributed by atoms with E-state index in [-0.39, 0.29) is 17.4 Å². The van der Waals surface area contributed by atoms with Crippen molar-refractivity contribution >= 4 is 51.8 Å². The Morgan fingerprint density at radius 2 is 2.15 bits per heavy atom. The summed E-state index contributed by atoms with van der Waals surface area (Å²) >= 11 is 7.02. The third-order valence-electron chi connectivity index (χ3n) is 2.40. The SMILES string of the molecule is O=C(O)CSCC(=O)Nc1cc(Cl)cc2cccnc12. The number of nitrogens with one attached hydrogen (secondary N) is 1. The Balaban J connectivity index is 2.13. The lowest BCUT2D eigenvalue weighted by atomic mass is 10.2. The zero-order valence-corrected chi connectivity index (χ0v) is 11.9. The number of aromatic nitrogens is 1. The number of benzene rings is 1. The minimum absolute atomic E-state index is 0.0626. The van der Waals surface area contributed by atoms with Gasteiger partial charge < -0.3 is 10.4 Å². The van der Waals surface area contributed by atoms with E-state index in [1.807, 2.05) is 6.07 Å². The number of rotatable bonds is 5. The predicted octanol–water partition coefficient (Wildman–Crippen LogP) is 2.64. The molecule has 1 amide bonds. The van der Waals surface area contributed by atoms with Crippen molar-refractivity contribution < 1.29 is 14.7 Å². The molecule has 1 aromatic heterocycles. The number of hydrogen-bond donors (Lipinski definition) is 2. The van der Waals surface area contributed by atoms with Crippen LogP contribution in [-0.4, -0.2) is 33.5 Å². The van der Waals surface area contributed by atoms with Crippen LogP contribution in [0.4, 0.5) is 5.69 Å². The molecule has 0 spiro atoms. The van der Waals surface area contributed by atoms with Gasteiger partial charge in [0.1, 0.15) is 0 Å². The van der Waals surface area contributed by atoms with E-state index in [0.717, 1.165) is 17.1 Å². The van der Waals surface area contributed by atoms with Gasteiger partial charge in [0, 0.05) is 16.6 Å². The van der Waals surface area contributed by atoms with Crippen LogP contribution in [0.1, 0.15) is 0 Å². The second kappa shape index (κ2) is 6.58. The molecule has 2 aromatic rings. The van der Waals surface area contributed by atoms with Crippen molar-refractivity contribution in [1.82, 2.24) is 4.98 Å². The maximum absolute atomic E-state index is 11.8. The molecule has 0 aliphatic carbocycles. The number of carbonyl (C=O) groups excluding carboxylic acids is 1. The zero-order valence-electron chi connectivity index (χ0n) is 10.3. The predicted molar refractivity (Wildman–Crippen MR) is 80.3 cm³/mol. The molecule has 2 N–H and O–H groups in total. The summed E-state index contributed by atoms with van der Waals surface area (Å²) in [6.45, 7) is 0. The van der Waals surface area contributed by atoms with Crippen molar-refractivity contribution in [2.45, 2.75) is 0 Å². The van der Waals surface area contributed by atoms with Crippen molar-refractivity contribution in [3.63, 3.8) is 0 Å². The number of halogens is 1. The number of carboxylic acids is 1. The fourth-order valence-corrected chi connectivity index (χ4v) is 2.43. The van der Waals surface area contributed by atoms with Crippen LogP contribution in [0.3, 0.4) is 0 Å². The highest BCUT2D eigenvalue weighted by atomic mass is 35.5. The minimum Gasteiger partial charge on any atom is -0.481 e. The molecule has 0 bridgehead atoms. The standard InChI is InChI=1S/C13H11ClN2O3S/c14-9-4-8-2-1-3-15-13(8)10(5-9)16-11(17)6-20-7-12(18)19/h1-5H,6-7H2,(H,16,17)(H,18,19). The van der Waals surface area contributed by atoms with Crippen LogP contribution >= 0.6 is 23.4 Å². The number of hydrogen-bond acceptors (Lipinski definition) is 4. The van der Waals surface area contributed by atoms with Crippen LogP contribution in [0, 0.1) is 0 Å². The number of nitrogens with zero attached hydrogens (tertiary/aromatic N) is 1. The van der Waals surface area contributed by atoms with Gasteiger partial charge in [-0.05, 0) is 18.2 Å². The van der Waals surface area contributed by atoms with Gasteiger partial charge in [0.25, 0.3) is 0 Å². The van der Waals surface area contributed by atoms with Crippen LogP contribution in [0.5, 0.6) is 0 Å². The summed E-state index contributed by atoms with van der Waals surface area (Å²) in [5.41, 5.74) is 1.17. The summed E-state index contributed by atoms with van der Waals surface area (Å²) in [5, 5.41) is 12.5. The van der Waals surface area contributed by atoms with E-state index in [2.05, 4.69) is 10.3 Å². The fourth-order valence-electron chi connectivity index (χ4n) is 1.67. The fraction of sp³-hybridized carbons (Fsp3) is 0.154. The van der Waals surface area contributed by atoms with E-state index < -0.39 is 5.97 Å². The Hall–Kier alpha value is -1.79. The minimum atomic E-state index is -0.947. The molecule has 104 valence electrons. The summed E-state index contributed by atoms with van der Waals surface area (Å²) in [4.78, 5) is 26.3. The Morgan fingerprint density at radius 3 is 2.90 bits per heavy atom. The maximum atomic E-state index is 11.8. The smallest absolute Gasteiger partial charge is 0.313 e. The topological polar surface area (TPSA) is 79.3 Å². The summed E-state index contributed by atoms with van der Waals surface area (Å²) < 4.78 is 0. The lowest BCUT2D eigenvalue weighted by molar-refractivity contribution is -0.133. The summed E-state index contributed by atoms with van der Waals surface area (Å²) in [5.74, 6) is -1.28. The molecule has 20 heavy (non-hydrogen) atoms. The highest BCUT2D eigenvalue weighted by Gasteiger charge is 2.09. The molecule has 0 aliphatic rings. The van der Waals surface area contributed by atoms with Gasteiger partial charge in [-0.15, -0.1) is 11.8 Å².